The molecular weight excluding hydrogens is 320 g/mol. The zero-order chi connectivity index (χ0) is 15.9. The predicted molar refractivity (Wildman–Crippen MR) is 90.2 cm³/mol. The van der Waals surface area contributed by atoms with Crippen LogP contribution in [0.1, 0.15) is 6.92 Å². The molecular formula is C14H18N4O2S2. The molecule has 118 valence electrons. The molecule has 1 aromatic carbocycles. The number of thioether (sulfide) groups is 1. The summed E-state index contributed by atoms with van der Waals surface area (Å²) in [6.45, 7) is 2.54. The van der Waals surface area contributed by atoms with Gasteiger partial charge in [0.05, 0.1) is 18.0 Å². The lowest BCUT2D eigenvalue weighted by Gasteiger charge is -2.09. The van der Waals surface area contributed by atoms with Crippen LogP contribution in [0.3, 0.4) is 0 Å². The standard InChI is InChI=1S/C14H18N4O2S2/c1-4-20-11-8-6-5-7-10(11)15-13-16-17-14(22-13)21-9-12(19)18(2)3/h5-8H,4,9H2,1-3H3,(H,15,16). The van der Waals surface area contributed by atoms with E-state index in [1.165, 1.54) is 23.1 Å². The van der Waals surface area contributed by atoms with E-state index in [0.29, 0.717) is 17.5 Å². The van der Waals surface area contributed by atoms with Gasteiger partial charge >= 0.3 is 0 Å². The SMILES string of the molecule is CCOc1ccccc1Nc1nnc(SCC(=O)N(C)C)s1. The Morgan fingerprint density at radius 1 is 1.36 bits per heavy atom. The van der Waals surface area contributed by atoms with E-state index >= 15 is 0 Å². The minimum Gasteiger partial charge on any atom is -0.492 e. The Balaban J connectivity index is 1.99. The van der Waals surface area contributed by atoms with Crippen LogP contribution in [-0.4, -0.2) is 47.5 Å². The highest BCUT2D eigenvalue weighted by atomic mass is 32.2. The minimum atomic E-state index is 0.0522. The maximum atomic E-state index is 11.6. The van der Waals surface area contributed by atoms with Crippen molar-refractivity contribution in [2.24, 2.45) is 0 Å². The maximum Gasteiger partial charge on any atom is 0.232 e. The lowest BCUT2D eigenvalue weighted by atomic mass is 10.3. The van der Waals surface area contributed by atoms with Gasteiger partial charge in [0.2, 0.25) is 11.0 Å². The number of amides is 1. The average molecular weight is 338 g/mol. The fourth-order valence-electron chi connectivity index (χ4n) is 1.54. The second kappa shape index (κ2) is 8.00. The van der Waals surface area contributed by atoms with Gasteiger partial charge in [-0.3, -0.25) is 4.79 Å². The largest absolute Gasteiger partial charge is 0.492 e. The summed E-state index contributed by atoms with van der Waals surface area (Å²) in [7, 11) is 3.47. The number of carbonyl (C=O) groups is 1. The molecule has 2 rings (SSSR count). The zero-order valence-electron chi connectivity index (χ0n) is 12.7. The van der Waals surface area contributed by atoms with Gasteiger partial charge in [-0.15, -0.1) is 10.2 Å². The molecule has 0 aliphatic carbocycles. The van der Waals surface area contributed by atoms with Crippen molar-refractivity contribution in [3.63, 3.8) is 0 Å². The number of benzene rings is 1. The first-order valence-corrected chi connectivity index (χ1v) is 8.55. The molecule has 0 radical (unpaired) electrons. The van der Waals surface area contributed by atoms with Gasteiger partial charge in [0.25, 0.3) is 0 Å². The van der Waals surface area contributed by atoms with E-state index in [4.69, 9.17) is 4.74 Å². The number of nitrogens with zero attached hydrogens (tertiary/aromatic N) is 3. The van der Waals surface area contributed by atoms with Gasteiger partial charge in [-0.05, 0) is 19.1 Å². The molecule has 1 heterocycles. The molecule has 0 atom stereocenters. The van der Waals surface area contributed by atoms with Crippen LogP contribution in [0.25, 0.3) is 0 Å². The van der Waals surface area contributed by atoms with E-state index in [1.54, 1.807) is 19.0 Å². The Morgan fingerprint density at radius 2 is 2.14 bits per heavy atom. The Morgan fingerprint density at radius 3 is 2.86 bits per heavy atom. The first kappa shape index (κ1) is 16.6. The van der Waals surface area contributed by atoms with Crippen LogP contribution >= 0.6 is 23.1 Å². The van der Waals surface area contributed by atoms with Gasteiger partial charge in [0, 0.05) is 14.1 Å². The number of rotatable bonds is 7. The molecule has 8 heteroatoms. The Hall–Kier alpha value is -1.80. The second-order valence-electron chi connectivity index (χ2n) is 4.50. The second-order valence-corrected chi connectivity index (χ2v) is 6.70. The van der Waals surface area contributed by atoms with Crippen molar-refractivity contribution in [3.8, 4) is 5.75 Å². The van der Waals surface area contributed by atoms with E-state index in [9.17, 15) is 4.79 Å². The van der Waals surface area contributed by atoms with Gasteiger partial charge in [0.1, 0.15) is 5.75 Å². The van der Waals surface area contributed by atoms with Gasteiger partial charge in [-0.25, -0.2) is 0 Å². The van der Waals surface area contributed by atoms with E-state index < -0.39 is 0 Å². The number of nitrogens with one attached hydrogen (secondary N) is 1. The van der Waals surface area contributed by atoms with Crippen molar-refractivity contribution < 1.29 is 9.53 Å². The Labute approximate surface area is 137 Å². The highest BCUT2D eigenvalue weighted by molar-refractivity contribution is 8.01. The third-order valence-electron chi connectivity index (χ3n) is 2.65. The number of anilines is 2. The molecule has 1 N–H and O–H groups in total. The van der Waals surface area contributed by atoms with Gasteiger partial charge in [-0.2, -0.15) is 0 Å². The van der Waals surface area contributed by atoms with Gasteiger partial charge in [-0.1, -0.05) is 35.2 Å². The van der Waals surface area contributed by atoms with Crippen molar-refractivity contribution >= 4 is 39.8 Å². The molecule has 0 unspecified atom stereocenters. The van der Waals surface area contributed by atoms with E-state index in [0.717, 1.165) is 15.8 Å². The summed E-state index contributed by atoms with van der Waals surface area (Å²) in [4.78, 5) is 13.1. The summed E-state index contributed by atoms with van der Waals surface area (Å²) in [6.07, 6.45) is 0. The van der Waals surface area contributed by atoms with E-state index in [2.05, 4.69) is 15.5 Å². The zero-order valence-corrected chi connectivity index (χ0v) is 14.3. The van der Waals surface area contributed by atoms with Crippen LogP contribution in [0, 0.1) is 0 Å². The predicted octanol–water partition coefficient (Wildman–Crippen LogP) is 2.86. The summed E-state index contributed by atoms with van der Waals surface area (Å²) in [5.41, 5.74) is 0.849. The molecule has 22 heavy (non-hydrogen) atoms. The topological polar surface area (TPSA) is 67.3 Å². The summed E-state index contributed by atoms with van der Waals surface area (Å²) >= 11 is 2.80. The third kappa shape index (κ3) is 4.60. The van der Waals surface area contributed by atoms with Crippen molar-refractivity contribution in [1.82, 2.24) is 15.1 Å². The fourth-order valence-corrected chi connectivity index (χ4v) is 3.28. The molecule has 6 nitrogen and oxygen atoms in total. The van der Waals surface area contributed by atoms with Crippen molar-refractivity contribution in [2.75, 3.05) is 31.8 Å². The highest BCUT2D eigenvalue weighted by Gasteiger charge is 2.10. The average Bonchev–Trinajstić information content (AvgIpc) is 2.94. The van der Waals surface area contributed by atoms with Crippen LogP contribution in [0.15, 0.2) is 28.6 Å². The van der Waals surface area contributed by atoms with E-state index in [-0.39, 0.29) is 5.91 Å². The van der Waals surface area contributed by atoms with Crippen LogP contribution < -0.4 is 10.1 Å². The normalized spacial score (nSPS) is 10.3. The summed E-state index contributed by atoms with van der Waals surface area (Å²) in [5.74, 6) is 1.19. The van der Waals surface area contributed by atoms with Crippen LogP contribution in [0.4, 0.5) is 10.8 Å². The molecule has 0 saturated carbocycles. The number of hydrogen-bond donors (Lipinski definition) is 1. The monoisotopic (exact) mass is 338 g/mol. The van der Waals surface area contributed by atoms with Crippen molar-refractivity contribution in [1.29, 1.82) is 0 Å². The number of aromatic nitrogens is 2. The number of ether oxygens (including phenoxy) is 1. The number of para-hydroxylation sites is 2. The molecule has 2 aromatic rings. The number of carbonyl (C=O) groups excluding carboxylic acids is 1. The van der Waals surface area contributed by atoms with Gasteiger partial charge < -0.3 is 15.0 Å². The van der Waals surface area contributed by atoms with Crippen molar-refractivity contribution in [3.05, 3.63) is 24.3 Å². The lowest BCUT2D eigenvalue weighted by Crippen LogP contribution is -2.23. The Bertz CT molecular complexity index is 631. The van der Waals surface area contributed by atoms with Gasteiger partial charge in [0.15, 0.2) is 4.34 Å². The minimum absolute atomic E-state index is 0.0522. The number of hydrogen-bond acceptors (Lipinski definition) is 7. The summed E-state index contributed by atoms with van der Waals surface area (Å²) in [5, 5.41) is 12.0. The highest BCUT2D eigenvalue weighted by Crippen LogP contribution is 2.31. The smallest absolute Gasteiger partial charge is 0.232 e. The Kier molecular flexibility index (Phi) is 6.02. The molecule has 0 aliphatic rings. The molecule has 1 amide bonds. The third-order valence-corrected chi connectivity index (χ3v) is 4.61. The maximum absolute atomic E-state index is 11.6. The first-order valence-electron chi connectivity index (χ1n) is 6.75. The van der Waals surface area contributed by atoms with Crippen LogP contribution in [0.5, 0.6) is 5.75 Å². The molecule has 0 aliphatic heterocycles. The quantitative estimate of drug-likeness (QED) is 0.783. The molecule has 0 fully saturated rings. The molecule has 1 aromatic heterocycles. The molecule has 0 saturated heterocycles. The molecule has 0 bridgehead atoms. The summed E-state index contributed by atoms with van der Waals surface area (Å²) in [6, 6.07) is 7.68. The van der Waals surface area contributed by atoms with Crippen molar-refractivity contribution in [2.45, 2.75) is 11.3 Å². The molecule has 0 spiro atoms. The van der Waals surface area contributed by atoms with E-state index in [1.807, 2.05) is 31.2 Å². The van der Waals surface area contributed by atoms with Crippen LogP contribution in [-0.2, 0) is 4.79 Å². The summed E-state index contributed by atoms with van der Waals surface area (Å²) < 4.78 is 6.32. The van der Waals surface area contributed by atoms with Crippen LogP contribution in [0.2, 0.25) is 0 Å². The first-order chi connectivity index (χ1) is 10.6. The fraction of sp³-hybridized carbons (Fsp3) is 0.357. The lowest BCUT2D eigenvalue weighted by molar-refractivity contribution is -0.125.